The monoisotopic (exact) mass is 332 g/mol. The zero-order chi connectivity index (χ0) is 14.4. The highest BCUT2D eigenvalue weighted by Crippen LogP contribution is 2.20. The van der Waals surface area contributed by atoms with Crippen LogP contribution in [-0.2, 0) is 20.9 Å². The molecule has 1 unspecified atom stereocenters. The second-order valence-corrected chi connectivity index (χ2v) is 5.18. The van der Waals surface area contributed by atoms with Crippen LogP contribution >= 0.6 is 15.9 Å². The van der Waals surface area contributed by atoms with Crippen molar-refractivity contribution >= 4 is 28.2 Å². The molecular weight excluding hydrogens is 320 g/mol. The molecule has 0 aromatic heterocycles. The van der Waals surface area contributed by atoms with Crippen LogP contribution in [0.2, 0.25) is 0 Å². The Morgan fingerprint density at radius 1 is 1.15 bits per heavy atom. The van der Waals surface area contributed by atoms with Crippen molar-refractivity contribution in [3.8, 4) is 0 Å². The Bertz CT molecular complexity index is 596. The molecule has 0 aliphatic carbocycles. The zero-order valence-electron chi connectivity index (χ0n) is 10.7. The summed E-state index contributed by atoms with van der Waals surface area (Å²) >= 11 is 3.32. The van der Waals surface area contributed by atoms with E-state index in [1.807, 2.05) is 36.4 Å². The van der Waals surface area contributed by atoms with Crippen LogP contribution in [0.3, 0.4) is 0 Å². The smallest absolute Gasteiger partial charge is 0.321 e. The molecule has 0 heterocycles. The number of esters is 1. The summed E-state index contributed by atoms with van der Waals surface area (Å²) in [6, 6.07) is 16.4. The maximum atomic E-state index is 12.0. The van der Waals surface area contributed by atoms with Crippen LogP contribution in [0.1, 0.15) is 17.0 Å². The van der Waals surface area contributed by atoms with Crippen LogP contribution in [0.15, 0.2) is 59.1 Å². The van der Waals surface area contributed by atoms with Gasteiger partial charge in [-0.2, -0.15) is 0 Å². The Hall–Kier alpha value is -1.94. The Labute approximate surface area is 125 Å². The van der Waals surface area contributed by atoms with Gasteiger partial charge in [-0.3, -0.25) is 4.79 Å². The van der Waals surface area contributed by atoms with E-state index in [-0.39, 0.29) is 6.61 Å². The van der Waals surface area contributed by atoms with Gasteiger partial charge >= 0.3 is 5.97 Å². The third-order valence-electron chi connectivity index (χ3n) is 2.82. The molecule has 0 saturated carbocycles. The molecule has 4 heteroatoms. The van der Waals surface area contributed by atoms with Crippen LogP contribution in [0.25, 0.3) is 0 Å². The lowest BCUT2D eigenvalue weighted by Crippen LogP contribution is -2.17. The van der Waals surface area contributed by atoms with Crippen LogP contribution < -0.4 is 0 Å². The number of ether oxygens (including phenoxy) is 1. The number of carbonyl (C=O) groups excluding carboxylic acids is 2. The number of carbonyl (C=O) groups is 2. The average Bonchev–Trinajstić information content (AvgIpc) is 2.47. The molecule has 2 rings (SSSR count). The third kappa shape index (κ3) is 3.78. The first-order chi connectivity index (χ1) is 9.70. The lowest BCUT2D eigenvalue weighted by atomic mass is 10.0. The Morgan fingerprint density at radius 2 is 1.90 bits per heavy atom. The van der Waals surface area contributed by atoms with E-state index >= 15 is 0 Å². The van der Waals surface area contributed by atoms with Gasteiger partial charge in [-0.1, -0.05) is 58.4 Å². The number of rotatable bonds is 5. The van der Waals surface area contributed by atoms with Gasteiger partial charge in [-0.25, -0.2) is 0 Å². The summed E-state index contributed by atoms with van der Waals surface area (Å²) in [6.45, 7) is 0.165. The number of hydrogen-bond acceptors (Lipinski definition) is 3. The second-order valence-electron chi connectivity index (χ2n) is 4.26. The van der Waals surface area contributed by atoms with Crippen molar-refractivity contribution in [1.29, 1.82) is 0 Å². The van der Waals surface area contributed by atoms with E-state index in [0.29, 0.717) is 11.8 Å². The van der Waals surface area contributed by atoms with Crippen molar-refractivity contribution in [1.82, 2.24) is 0 Å². The number of halogens is 1. The number of benzene rings is 2. The molecule has 0 fully saturated rings. The van der Waals surface area contributed by atoms with Gasteiger partial charge in [0.15, 0.2) is 0 Å². The van der Waals surface area contributed by atoms with E-state index in [4.69, 9.17) is 4.74 Å². The highest BCUT2D eigenvalue weighted by molar-refractivity contribution is 9.10. The van der Waals surface area contributed by atoms with Crippen molar-refractivity contribution in [3.05, 3.63) is 70.2 Å². The molecule has 102 valence electrons. The lowest BCUT2D eigenvalue weighted by Gasteiger charge is -2.11. The van der Waals surface area contributed by atoms with Crippen molar-refractivity contribution in [3.63, 3.8) is 0 Å². The minimum absolute atomic E-state index is 0.165. The molecule has 0 radical (unpaired) electrons. The maximum absolute atomic E-state index is 12.0. The maximum Gasteiger partial charge on any atom is 0.321 e. The molecular formula is C16H13BrO3. The standard InChI is InChI=1S/C16H13BrO3/c17-14-8-4-7-13(9-14)15(10-18)16(19)20-11-12-5-2-1-3-6-12/h1-10,15H,11H2. The summed E-state index contributed by atoms with van der Waals surface area (Å²) < 4.78 is 6.01. The van der Waals surface area contributed by atoms with E-state index in [9.17, 15) is 9.59 Å². The van der Waals surface area contributed by atoms with Gasteiger partial charge in [-0.15, -0.1) is 0 Å². The van der Waals surface area contributed by atoms with Gasteiger partial charge in [0.2, 0.25) is 0 Å². The van der Waals surface area contributed by atoms with Crippen molar-refractivity contribution < 1.29 is 14.3 Å². The van der Waals surface area contributed by atoms with Gasteiger partial charge in [0.1, 0.15) is 18.8 Å². The zero-order valence-corrected chi connectivity index (χ0v) is 12.2. The summed E-state index contributed by atoms with van der Waals surface area (Å²) in [5.41, 5.74) is 1.51. The molecule has 20 heavy (non-hydrogen) atoms. The Balaban J connectivity index is 2.04. The molecule has 0 bridgehead atoms. The topological polar surface area (TPSA) is 43.4 Å². The molecule has 1 atom stereocenters. The van der Waals surface area contributed by atoms with Gasteiger partial charge in [0, 0.05) is 4.47 Å². The first-order valence-corrected chi connectivity index (χ1v) is 6.91. The summed E-state index contributed by atoms with van der Waals surface area (Å²) in [4.78, 5) is 23.1. The minimum Gasteiger partial charge on any atom is -0.460 e. The molecule has 0 amide bonds. The van der Waals surface area contributed by atoms with Crippen molar-refractivity contribution in [2.24, 2.45) is 0 Å². The first kappa shape index (κ1) is 14.5. The molecule has 0 saturated heterocycles. The highest BCUT2D eigenvalue weighted by atomic mass is 79.9. The van der Waals surface area contributed by atoms with E-state index in [1.54, 1.807) is 18.2 Å². The van der Waals surface area contributed by atoms with E-state index < -0.39 is 11.9 Å². The van der Waals surface area contributed by atoms with Gasteiger partial charge in [0.05, 0.1) is 0 Å². The predicted molar refractivity (Wildman–Crippen MR) is 79.2 cm³/mol. The fourth-order valence-electron chi connectivity index (χ4n) is 1.79. The summed E-state index contributed by atoms with van der Waals surface area (Å²) in [5.74, 6) is -1.43. The van der Waals surface area contributed by atoms with Crippen molar-refractivity contribution in [2.45, 2.75) is 12.5 Å². The fourth-order valence-corrected chi connectivity index (χ4v) is 2.21. The van der Waals surface area contributed by atoms with E-state index in [1.165, 1.54) is 0 Å². The minimum atomic E-state index is -0.892. The van der Waals surface area contributed by atoms with Crippen molar-refractivity contribution in [2.75, 3.05) is 0 Å². The SMILES string of the molecule is O=CC(C(=O)OCc1ccccc1)c1cccc(Br)c1. The molecule has 3 nitrogen and oxygen atoms in total. The predicted octanol–water partition coefficient (Wildman–Crippen LogP) is 3.48. The van der Waals surface area contributed by atoms with Gasteiger partial charge in [0.25, 0.3) is 0 Å². The third-order valence-corrected chi connectivity index (χ3v) is 3.31. The fraction of sp³-hybridized carbons (Fsp3) is 0.125. The number of hydrogen-bond donors (Lipinski definition) is 0. The summed E-state index contributed by atoms with van der Waals surface area (Å²) in [5, 5.41) is 0. The van der Waals surface area contributed by atoms with Crippen LogP contribution in [0.5, 0.6) is 0 Å². The van der Waals surface area contributed by atoms with Crippen LogP contribution in [-0.4, -0.2) is 12.3 Å². The molecule has 2 aromatic carbocycles. The average molecular weight is 333 g/mol. The Kier molecular flexibility index (Phi) is 5.07. The molecule has 2 aromatic rings. The molecule has 0 N–H and O–H groups in total. The summed E-state index contributed by atoms with van der Waals surface area (Å²) in [6.07, 6.45) is 0.606. The van der Waals surface area contributed by atoms with E-state index in [2.05, 4.69) is 15.9 Å². The Morgan fingerprint density at radius 3 is 2.55 bits per heavy atom. The second kappa shape index (κ2) is 7.01. The van der Waals surface area contributed by atoms with Gasteiger partial charge < -0.3 is 9.53 Å². The molecule has 0 aliphatic heterocycles. The van der Waals surface area contributed by atoms with Crippen LogP contribution in [0, 0.1) is 0 Å². The quantitative estimate of drug-likeness (QED) is 0.478. The molecule has 0 aliphatic rings. The largest absolute Gasteiger partial charge is 0.460 e. The summed E-state index contributed by atoms with van der Waals surface area (Å²) in [7, 11) is 0. The van der Waals surface area contributed by atoms with Gasteiger partial charge in [-0.05, 0) is 23.3 Å². The molecule has 0 spiro atoms. The normalized spacial score (nSPS) is 11.7. The highest BCUT2D eigenvalue weighted by Gasteiger charge is 2.21. The van der Waals surface area contributed by atoms with Crippen LogP contribution in [0.4, 0.5) is 0 Å². The number of aldehydes is 1. The lowest BCUT2D eigenvalue weighted by molar-refractivity contribution is -0.147. The van der Waals surface area contributed by atoms with E-state index in [0.717, 1.165) is 10.0 Å². The first-order valence-electron chi connectivity index (χ1n) is 6.12.